The molecule has 0 saturated heterocycles. The second-order valence-corrected chi connectivity index (χ2v) is 6.35. The molecule has 2 aromatic heterocycles. The summed E-state index contributed by atoms with van der Waals surface area (Å²) in [4.78, 5) is 39.4. The van der Waals surface area contributed by atoms with E-state index >= 15 is 0 Å². The van der Waals surface area contributed by atoms with Gasteiger partial charge in [0.1, 0.15) is 11.0 Å². The largest absolute Gasteiger partial charge is 0.504 e. The summed E-state index contributed by atoms with van der Waals surface area (Å²) in [7, 11) is 0. The van der Waals surface area contributed by atoms with Crippen LogP contribution in [-0.4, -0.2) is 30.3 Å². The fourth-order valence-electron chi connectivity index (χ4n) is 3.20. The Morgan fingerprint density at radius 2 is 1.63 bits per heavy atom. The molecule has 0 saturated carbocycles. The van der Waals surface area contributed by atoms with Crippen molar-refractivity contribution in [2.45, 2.75) is 39.8 Å². The molecule has 0 aliphatic carbocycles. The summed E-state index contributed by atoms with van der Waals surface area (Å²) in [5, 5.41) is 19.8. The minimum atomic E-state index is -1.05. The Hall–Kier alpha value is -3.29. The SMILES string of the molecule is CCCn1c(=O)c2[nH]c(-c3ccc(C(=O)O)cc3)c(O)c2n(CCC)c1=O. The maximum Gasteiger partial charge on any atom is 0.335 e. The number of carboxylic acids is 1. The minimum absolute atomic E-state index is 0.113. The Morgan fingerprint density at radius 1 is 1.04 bits per heavy atom. The topological polar surface area (TPSA) is 117 Å². The molecule has 0 spiro atoms. The lowest BCUT2D eigenvalue weighted by molar-refractivity contribution is 0.0697. The van der Waals surface area contributed by atoms with Crippen LogP contribution < -0.4 is 11.2 Å². The molecule has 8 nitrogen and oxygen atoms in total. The van der Waals surface area contributed by atoms with Gasteiger partial charge in [0.2, 0.25) is 0 Å². The van der Waals surface area contributed by atoms with Crippen molar-refractivity contribution in [3.05, 3.63) is 50.7 Å². The monoisotopic (exact) mass is 371 g/mol. The average molecular weight is 371 g/mol. The van der Waals surface area contributed by atoms with E-state index in [1.165, 1.54) is 21.3 Å². The maximum absolute atomic E-state index is 12.8. The molecule has 0 atom stereocenters. The van der Waals surface area contributed by atoms with Crippen LogP contribution in [0.1, 0.15) is 37.0 Å². The molecule has 8 heteroatoms. The van der Waals surface area contributed by atoms with Crippen LogP contribution in [0.2, 0.25) is 0 Å². The van der Waals surface area contributed by atoms with Crippen molar-refractivity contribution in [3.8, 4) is 17.0 Å². The summed E-state index contributed by atoms with van der Waals surface area (Å²) in [5.41, 5.74) is 0.319. The molecule has 2 heterocycles. The Morgan fingerprint density at radius 3 is 2.19 bits per heavy atom. The highest BCUT2D eigenvalue weighted by atomic mass is 16.4. The molecule has 0 aliphatic heterocycles. The first-order valence-corrected chi connectivity index (χ1v) is 8.82. The van der Waals surface area contributed by atoms with Gasteiger partial charge < -0.3 is 15.2 Å². The van der Waals surface area contributed by atoms with Crippen LogP contribution in [0, 0.1) is 0 Å². The van der Waals surface area contributed by atoms with Crippen LogP contribution in [0.15, 0.2) is 33.9 Å². The molecule has 27 heavy (non-hydrogen) atoms. The first kappa shape index (κ1) is 18.5. The summed E-state index contributed by atoms with van der Waals surface area (Å²) in [6.07, 6.45) is 1.29. The lowest BCUT2D eigenvalue weighted by Crippen LogP contribution is -2.40. The van der Waals surface area contributed by atoms with Gasteiger partial charge in [-0.3, -0.25) is 13.9 Å². The summed E-state index contributed by atoms with van der Waals surface area (Å²) in [6, 6.07) is 5.91. The molecule has 0 amide bonds. The fourth-order valence-corrected chi connectivity index (χ4v) is 3.20. The van der Waals surface area contributed by atoms with E-state index in [-0.39, 0.29) is 28.0 Å². The molecule has 0 aliphatic rings. The minimum Gasteiger partial charge on any atom is -0.504 e. The average Bonchev–Trinajstić information content (AvgIpc) is 3.00. The van der Waals surface area contributed by atoms with Crippen LogP contribution in [0.5, 0.6) is 5.75 Å². The zero-order valence-electron chi connectivity index (χ0n) is 15.2. The number of aromatic carboxylic acids is 1. The number of rotatable bonds is 6. The van der Waals surface area contributed by atoms with E-state index < -0.39 is 17.2 Å². The summed E-state index contributed by atoms with van der Waals surface area (Å²) >= 11 is 0. The molecule has 0 radical (unpaired) electrons. The van der Waals surface area contributed by atoms with Gasteiger partial charge in [-0.15, -0.1) is 0 Å². The number of nitrogens with one attached hydrogen (secondary N) is 1. The van der Waals surface area contributed by atoms with Gasteiger partial charge >= 0.3 is 11.7 Å². The molecule has 1 aromatic carbocycles. The zero-order chi connectivity index (χ0) is 19.7. The highest BCUT2D eigenvalue weighted by molar-refractivity contribution is 5.92. The Kier molecular flexibility index (Phi) is 4.89. The van der Waals surface area contributed by atoms with Gasteiger partial charge in [0.25, 0.3) is 5.56 Å². The number of carboxylic acid groups (broad SMARTS) is 1. The van der Waals surface area contributed by atoms with Crippen LogP contribution in [0.3, 0.4) is 0 Å². The van der Waals surface area contributed by atoms with Crippen molar-refractivity contribution in [2.75, 3.05) is 0 Å². The third kappa shape index (κ3) is 3.03. The molecule has 3 aromatic rings. The zero-order valence-corrected chi connectivity index (χ0v) is 15.2. The Labute approximate surface area is 154 Å². The number of carbonyl (C=O) groups is 1. The van der Waals surface area contributed by atoms with Gasteiger partial charge in [-0.1, -0.05) is 26.0 Å². The van der Waals surface area contributed by atoms with E-state index in [2.05, 4.69) is 4.98 Å². The van der Waals surface area contributed by atoms with Gasteiger partial charge in [0, 0.05) is 18.7 Å². The second-order valence-electron chi connectivity index (χ2n) is 6.35. The summed E-state index contributed by atoms with van der Waals surface area (Å²) in [5.74, 6) is -1.25. The highest BCUT2D eigenvalue weighted by Crippen LogP contribution is 2.34. The Balaban J connectivity index is 2.31. The normalized spacial score (nSPS) is 11.2. The number of aromatic amines is 1. The highest BCUT2D eigenvalue weighted by Gasteiger charge is 2.21. The first-order valence-electron chi connectivity index (χ1n) is 8.82. The number of fused-ring (bicyclic) bond motifs is 1. The number of H-pyrrole nitrogens is 1. The third-order valence-electron chi connectivity index (χ3n) is 4.45. The van der Waals surface area contributed by atoms with Crippen LogP contribution in [-0.2, 0) is 13.1 Å². The fraction of sp³-hybridized carbons (Fsp3) is 0.316. The van der Waals surface area contributed by atoms with Crippen molar-refractivity contribution in [1.82, 2.24) is 14.1 Å². The van der Waals surface area contributed by atoms with E-state index in [9.17, 15) is 19.5 Å². The van der Waals surface area contributed by atoms with Crippen molar-refractivity contribution < 1.29 is 15.0 Å². The predicted molar refractivity (Wildman–Crippen MR) is 101 cm³/mol. The number of aryl methyl sites for hydroxylation is 1. The number of hydrogen-bond acceptors (Lipinski definition) is 4. The quantitative estimate of drug-likeness (QED) is 0.615. The molecule has 3 rings (SSSR count). The van der Waals surface area contributed by atoms with Gasteiger partial charge in [-0.2, -0.15) is 0 Å². The standard InChI is InChI=1S/C19H21N3O5/c1-3-9-21-15-14(17(24)22(10-4-2)19(21)27)20-13(16(15)23)11-5-7-12(8-6-11)18(25)26/h5-8,20,23H,3-4,9-10H2,1-2H3,(H,25,26). The smallest absolute Gasteiger partial charge is 0.335 e. The molecular weight excluding hydrogens is 350 g/mol. The van der Waals surface area contributed by atoms with Crippen molar-refractivity contribution in [2.24, 2.45) is 0 Å². The van der Waals surface area contributed by atoms with Crippen LogP contribution in [0.4, 0.5) is 0 Å². The predicted octanol–water partition coefficient (Wildman–Crippen LogP) is 2.38. The lowest BCUT2D eigenvalue weighted by Gasteiger charge is -2.10. The summed E-state index contributed by atoms with van der Waals surface area (Å²) in [6.45, 7) is 4.44. The van der Waals surface area contributed by atoms with E-state index in [1.54, 1.807) is 12.1 Å². The molecular formula is C19H21N3O5. The number of hydrogen-bond donors (Lipinski definition) is 3. The van der Waals surface area contributed by atoms with Gasteiger partial charge in [0.15, 0.2) is 5.75 Å². The number of nitrogens with zero attached hydrogens (tertiary/aromatic N) is 2. The van der Waals surface area contributed by atoms with Crippen molar-refractivity contribution in [1.29, 1.82) is 0 Å². The van der Waals surface area contributed by atoms with E-state index in [1.807, 2.05) is 13.8 Å². The van der Waals surface area contributed by atoms with Crippen molar-refractivity contribution >= 4 is 17.0 Å². The van der Waals surface area contributed by atoms with E-state index in [0.717, 1.165) is 0 Å². The lowest BCUT2D eigenvalue weighted by atomic mass is 10.1. The first-order chi connectivity index (χ1) is 12.9. The maximum atomic E-state index is 12.8. The molecule has 3 N–H and O–H groups in total. The third-order valence-corrected chi connectivity index (χ3v) is 4.45. The summed E-state index contributed by atoms with van der Waals surface area (Å²) < 4.78 is 2.58. The second kappa shape index (κ2) is 7.14. The number of aromatic hydroxyl groups is 1. The molecule has 0 fully saturated rings. The van der Waals surface area contributed by atoms with Gasteiger partial charge in [-0.25, -0.2) is 9.59 Å². The van der Waals surface area contributed by atoms with E-state index in [4.69, 9.17) is 5.11 Å². The molecule has 0 bridgehead atoms. The Bertz CT molecular complexity index is 1120. The molecule has 142 valence electrons. The van der Waals surface area contributed by atoms with Gasteiger partial charge in [-0.05, 0) is 25.0 Å². The van der Waals surface area contributed by atoms with E-state index in [0.29, 0.717) is 31.5 Å². The van der Waals surface area contributed by atoms with Gasteiger partial charge in [0.05, 0.1) is 11.3 Å². The molecule has 0 unspecified atom stereocenters. The number of aromatic nitrogens is 3. The van der Waals surface area contributed by atoms with Crippen molar-refractivity contribution in [3.63, 3.8) is 0 Å². The number of benzene rings is 1. The van der Waals surface area contributed by atoms with Crippen LogP contribution in [0.25, 0.3) is 22.3 Å². The van der Waals surface area contributed by atoms with Crippen LogP contribution >= 0.6 is 0 Å².